The molecule has 0 amide bonds. The molecule has 2 aromatic rings. The zero-order valence-electron chi connectivity index (χ0n) is 10.7. The Hall–Kier alpha value is -1.42. The van der Waals surface area contributed by atoms with E-state index in [4.69, 9.17) is 0 Å². The van der Waals surface area contributed by atoms with E-state index in [2.05, 4.69) is 47.9 Å². The largest absolute Gasteiger partial charge is 0.354 e. The monoisotopic (exact) mass is 247 g/mol. The van der Waals surface area contributed by atoms with E-state index < -0.39 is 0 Å². The lowest BCUT2D eigenvalue weighted by Crippen LogP contribution is -2.18. The number of rotatable bonds is 3. The van der Waals surface area contributed by atoms with E-state index in [1.54, 1.807) is 6.33 Å². The van der Waals surface area contributed by atoms with E-state index in [1.165, 1.54) is 9.75 Å². The fourth-order valence-corrected chi connectivity index (χ4v) is 2.73. The van der Waals surface area contributed by atoms with Gasteiger partial charge >= 0.3 is 0 Å². The maximum Gasteiger partial charge on any atom is 0.135 e. The molecule has 4 heteroatoms. The molecule has 0 saturated heterocycles. The first-order valence-electron chi connectivity index (χ1n) is 5.62. The van der Waals surface area contributed by atoms with Crippen molar-refractivity contribution in [3.8, 4) is 0 Å². The molecule has 0 saturated carbocycles. The number of hydrogen-bond donors (Lipinski definition) is 0. The lowest BCUT2D eigenvalue weighted by atomic mass is 10.2. The molecule has 0 atom stereocenters. The maximum atomic E-state index is 4.36. The Labute approximate surface area is 106 Å². The highest BCUT2D eigenvalue weighted by atomic mass is 32.1. The van der Waals surface area contributed by atoms with Crippen molar-refractivity contribution in [2.45, 2.75) is 27.3 Å². The van der Waals surface area contributed by atoms with E-state index >= 15 is 0 Å². The molecular formula is C13H17N3S. The highest BCUT2D eigenvalue weighted by Crippen LogP contribution is 2.22. The number of aryl methyl sites for hydroxylation is 2. The predicted molar refractivity (Wildman–Crippen MR) is 72.7 cm³/mol. The molecule has 0 spiro atoms. The summed E-state index contributed by atoms with van der Waals surface area (Å²) < 4.78 is 0. The van der Waals surface area contributed by atoms with Crippen LogP contribution in [0.1, 0.15) is 21.0 Å². The molecule has 0 unspecified atom stereocenters. The van der Waals surface area contributed by atoms with Gasteiger partial charge in [-0.1, -0.05) is 0 Å². The van der Waals surface area contributed by atoms with Crippen LogP contribution < -0.4 is 4.90 Å². The van der Waals surface area contributed by atoms with Crippen LogP contribution in [0.15, 0.2) is 18.5 Å². The Kier molecular flexibility index (Phi) is 3.43. The lowest BCUT2D eigenvalue weighted by molar-refractivity contribution is 0.886. The second kappa shape index (κ2) is 4.84. The van der Waals surface area contributed by atoms with E-state index in [0.717, 1.165) is 23.6 Å². The second-order valence-corrected chi connectivity index (χ2v) is 5.65. The average Bonchev–Trinajstić information content (AvgIpc) is 2.68. The Morgan fingerprint density at radius 1 is 1.18 bits per heavy atom. The Bertz CT molecular complexity index is 519. The van der Waals surface area contributed by atoms with Gasteiger partial charge in [-0.25, -0.2) is 9.97 Å². The molecule has 0 aliphatic carbocycles. The lowest BCUT2D eigenvalue weighted by Gasteiger charge is -2.19. The van der Waals surface area contributed by atoms with Gasteiger partial charge < -0.3 is 4.90 Å². The number of hydrogen-bond acceptors (Lipinski definition) is 4. The zero-order valence-corrected chi connectivity index (χ0v) is 11.5. The van der Waals surface area contributed by atoms with Crippen LogP contribution in [0.4, 0.5) is 5.82 Å². The first-order chi connectivity index (χ1) is 8.08. The predicted octanol–water partition coefficient (Wildman–Crippen LogP) is 3.10. The van der Waals surface area contributed by atoms with Gasteiger partial charge in [0.15, 0.2) is 0 Å². The summed E-state index contributed by atoms with van der Waals surface area (Å²) >= 11 is 1.84. The van der Waals surface area contributed by atoms with Crippen LogP contribution in [0, 0.1) is 20.8 Å². The van der Waals surface area contributed by atoms with Crippen LogP contribution >= 0.6 is 11.3 Å². The molecule has 3 nitrogen and oxygen atoms in total. The third kappa shape index (κ3) is 2.64. The zero-order chi connectivity index (χ0) is 12.4. The summed E-state index contributed by atoms with van der Waals surface area (Å²) in [7, 11) is 2.07. The van der Waals surface area contributed by atoms with Gasteiger partial charge in [0.25, 0.3) is 0 Å². The quantitative estimate of drug-likeness (QED) is 0.834. The Balaban J connectivity index is 2.20. The Morgan fingerprint density at radius 2 is 1.94 bits per heavy atom. The first-order valence-corrected chi connectivity index (χ1v) is 6.44. The molecule has 2 heterocycles. The van der Waals surface area contributed by atoms with E-state index in [9.17, 15) is 0 Å². The van der Waals surface area contributed by atoms with Crippen LogP contribution in [0.25, 0.3) is 0 Å². The first kappa shape index (κ1) is 12.0. The van der Waals surface area contributed by atoms with Gasteiger partial charge in [-0.3, -0.25) is 0 Å². The molecule has 0 bridgehead atoms. The molecule has 0 aromatic carbocycles. The highest BCUT2D eigenvalue weighted by molar-refractivity contribution is 7.11. The second-order valence-electron chi connectivity index (χ2n) is 4.28. The molecular weight excluding hydrogens is 230 g/mol. The van der Waals surface area contributed by atoms with Crippen LogP contribution in [-0.2, 0) is 6.54 Å². The van der Waals surface area contributed by atoms with E-state index in [1.807, 2.05) is 18.3 Å². The smallest absolute Gasteiger partial charge is 0.135 e. The van der Waals surface area contributed by atoms with Crippen molar-refractivity contribution in [3.05, 3.63) is 39.5 Å². The maximum absolute atomic E-state index is 4.36. The van der Waals surface area contributed by atoms with Gasteiger partial charge in [-0.15, -0.1) is 11.3 Å². The minimum Gasteiger partial charge on any atom is -0.354 e. The van der Waals surface area contributed by atoms with E-state index in [-0.39, 0.29) is 0 Å². The third-order valence-corrected chi connectivity index (χ3v) is 3.85. The van der Waals surface area contributed by atoms with E-state index in [0.29, 0.717) is 0 Å². The minimum absolute atomic E-state index is 0.899. The van der Waals surface area contributed by atoms with Crippen molar-refractivity contribution in [1.82, 2.24) is 9.97 Å². The number of nitrogens with zero attached hydrogens (tertiary/aromatic N) is 3. The van der Waals surface area contributed by atoms with Crippen molar-refractivity contribution in [2.75, 3.05) is 11.9 Å². The molecule has 0 aliphatic rings. The van der Waals surface area contributed by atoms with Crippen LogP contribution in [0.2, 0.25) is 0 Å². The fraction of sp³-hybridized carbons (Fsp3) is 0.385. The minimum atomic E-state index is 0.899. The van der Waals surface area contributed by atoms with Crippen LogP contribution in [0.3, 0.4) is 0 Å². The van der Waals surface area contributed by atoms with Gasteiger partial charge in [0.2, 0.25) is 0 Å². The number of aromatic nitrogens is 2. The highest BCUT2D eigenvalue weighted by Gasteiger charge is 2.09. The van der Waals surface area contributed by atoms with Gasteiger partial charge in [0, 0.05) is 28.1 Å². The van der Waals surface area contributed by atoms with Gasteiger partial charge in [-0.2, -0.15) is 0 Å². The average molecular weight is 247 g/mol. The van der Waals surface area contributed by atoms with Crippen LogP contribution in [0.5, 0.6) is 0 Å². The molecule has 2 aromatic heterocycles. The summed E-state index contributed by atoms with van der Waals surface area (Å²) in [6, 6.07) is 4.34. The normalized spacial score (nSPS) is 10.6. The van der Waals surface area contributed by atoms with Gasteiger partial charge in [0.05, 0.1) is 6.54 Å². The van der Waals surface area contributed by atoms with Gasteiger partial charge in [0.1, 0.15) is 12.1 Å². The summed E-state index contributed by atoms with van der Waals surface area (Å²) in [5, 5.41) is 0. The van der Waals surface area contributed by atoms with Crippen molar-refractivity contribution < 1.29 is 0 Å². The van der Waals surface area contributed by atoms with Crippen LogP contribution in [-0.4, -0.2) is 17.0 Å². The van der Waals surface area contributed by atoms with Crippen molar-refractivity contribution in [3.63, 3.8) is 0 Å². The fourth-order valence-electron chi connectivity index (χ4n) is 1.79. The Morgan fingerprint density at radius 3 is 2.59 bits per heavy atom. The summed E-state index contributed by atoms with van der Waals surface area (Å²) in [5.74, 6) is 1.02. The topological polar surface area (TPSA) is 29.0 Å². The molecule has 0 N–H and O–H groups in total. The van der Waals surface area contributed by atoms with Crippen molar-refractivity contribution in [2.24, 2.45) is 0 Å². The number of thiophene rings is 1. The summed E-state index contributed by atoms with van der Waals surface area (Å²) in [4.78, 5) is 13.4. The SMILES string of the molecule is Cc1ccc(CN(C)c2ncnc(C)c2C)s1. The molecule has 0 aliphatic heterocycles. The molecule has 2 rings (SSSR count). The standard InChI is InChI=1S/C13H17N3S/c1-9-5-6-12(17-9)7-16(4)13-10(2)11(3)14-8-15-13/h5-6,8H,7H2,1-4H3. The molecule has 0 radical (unpaired) electrons. The summed E-state index contributed by atoms with van der Waals surface area (Å²) in [6.45, 7) is 7.12. The third-order valence-electron chi connectivity index (χ3n) is 2.86. The summed E-state index contributed by atoms with van der Waals surface area (Å²) in [6.07, 6.45) is 1.63. The molecule has 90 valence electrons. The number of anilines is 1. The van der Waals surface area contributed by atoms with Crippen molar-refractivity contribution in [1.29, 1.82) is 0 Å². The molecule has 0 fully saturated rings. The van der Waals surface area contributed by atoms with Gasteiger partial charge in [-0.05, 0) is 32.9 Å². The molecule has 17 heavy (non-hydrogen) atoms. The van der Waals surface area contributed by atoms with Crippen molar-refractivity contribution >= 4 is 17.2 Å². The summed E-state index contributed by atoms with van der Waals surface area (Å²) in [5.41, 5.74) is 2.20.